The van der Waals surface area contributed by atoms with Crippen molar-refractivity contribution in [1.29, 1.82) is 0 Å². The quantitative estimate of drug-likeness (QED) is 0.628. The summed E-state index contributed by atoms with van der Waals surface area (Å²) < 4.78 is 47.4. The molecule has 0 unspecified atom stereocenters. The van der Waals surface area contributed by atoms with Gasteiger partial charge < -0.3 is 14.8 Å². The first-order valence-electron chi connectivity index (χ1n) is 7.75. The van der Waals surface area contributed by atoms with Crippen molar-refractivity contribution in [2.24, 2.45) is 0 Å². The predicted molar refractivity (Wildman–Crippen MR) is 83.4 cm³/mol. The van der Waals surface area contributed by atoms with Crippen LogP contribution >= 0.6 is 0 Å². The Balaban J connectivity index is 1.71. The third-order valence-corrected chi connectivity index (χ3v) is 3.55. The summed E-state index contributed by atoms with van der Waals surface area (Å²) in [6.07, 6.45) is -0.194. The molecule has 1 atom stereocenters. The molecule has 136 valence electrons. The number of carbonyl (C=O) groups excluding carboxylic acids is 2. The van der Waals surface area contributed by atoms with E-state index in [-0.39, 0.29) is 6.10 Å². The molecule has 1 aromatic carbocycles. The number of benzene rings is 1. The van der Waals surface area contributed by atoms with Gasteiger partial charge in [0.25, 0.3) is 5.91 Å². The van der Waals surface area contributed by atoms with E-state index in [1.54, 1.807) is 0 Å². The normalized spacial score (nSPS) is 17.6. The third-order valence-electron chi connectivity index (χ3n) is 3.55. The second-order valence-corrected chi connectivity index (χ2v) is 5.50. The zero-order valence-corrected chi connectivity index (χ0v) is 13.3. The standard InChI is InChI=1S/C17H18F3NO4/c18-17(19,20)13-6-3-12(4-7-13)5-8-16(23)25-11-15(22)21-10-14-2-1-9-24-14/h3-8,14H,1-2,9-11H2,(H,21,22)/b8-5+/t14-/m1/s1. The maximum absolute atomic E-state index is 12.4. The van der Waals surface area contributed by atoms with Gasteiger partial charge >= 0.3 is 12.1 Å². The molecule has 1 amide bonds. The average molecular weight is 357 g/mol. The molecule has 0 saturated carbocycles. The Labute approximate surface area is 142 Å². The molecule has 2 rings (SSSR count). The van der Waals surface area contributed by atoms with E-state index in [1.165, 1.54) is 18.2 Å². The number of hydrogen-bond acceptors (Lipinski definition) is 4. The number of nitrogens with one attached hydrogen (secondary N) is 1. The molecule has 0 aromatic heterocycles. The molecule has 0 aliphatic carbocycles. The van der Waals surface area contributed by atoms with E-state index in [9.17, 15) is 22.8 Å². The van der Waals surface area contributed by atoms with Crippen molar-refractivity contribution in [3.63, 3.8) is 0 Å². The van der Waals surface area contributed by atoms with Crippen LogP contribution < -0.4 is 5.32 Å². The first-order valence-corrected chi connectivity index (χ1v) is 7.75. The number of carbonyl (C=O) groups is 2. The lowest BCUT2D eigenvalue weighted by atomic mass is 10.1. The monoisotopic (exact) mass is 357 g/mol. The second kappa shape index (κ2) is 8.66. The molecule has 5 nitrogen and oxygen atoms in total. The van der Waals surface area contributed by atoms with E-state index >= 15 is 0 Å². The zero-order chi connectivity index (χ0) is 18.3. The van der Waals surface area contributed by atoms with Gasteiger partial charge in [0, 0.05) is 19.2 Å². The van der Waals surface area contributed by atoms with Crippen LogP contribution in [0.25, 0.3) is 6.08 Å². The van der Waals surface area contributed by atoms with Gasteiger partial charge in [-0.25, -0.2) is 4.79 Å². The highest BCUT2D eigenvalue weighted by Crippen LogP contribution is 2.29. The van der Waals surface area contributed by atoms with Gasteiger partial charge in [0.1, 0.15) is 0 Å². The maximum Gasteiger partial charge on any atom is 0.416 e. The van der Waals surface area contributed by atoms with Crippen LogP contribution in [-0.4, -0.2) is 37.7 Å². The van der Waals surface area contributed by atoms with Crippen molar-refractivity contribution in [1.82, 2.24) is 5.32 Å². The first kappa shape index (κ1) is 19.0. The largest absolute Gasteiger partial charge is 0.452 e. The van der Waals surface area contributed by atoms with E-state index in [1.807, 2.05) is 0 Å². The molecule has 25 heavy (non-hydrogen) atoms. The number of rotatable bonds is 6. The Morgan fingerprint density at radius 3 is 2.60 bits per heavy atom. The van der Waals surface area contributed by atoms with Gasteiger partial charge in [-0.3, -0.25) is 4.79 Å². The summed E-state index contributed by atoms with van der Waals surface area (Å²) in [4.78, 5) is 23.0. The number of alkyl halides is 3. The molecule has 8 heteroatoms. The van der Waals surface area contributed by atoms with Crippen LogP contribution in [0.4, 0.5) is 13.2 Å². The molecule has 1 aliphatic rings. The lowest BCUT2D eigenvalue weighted by molar-refractivity contribution is -0.143. The third kappa shape index (κ3) is 6.58. The van der Waals surface area contributed by atoms with Crippen LogP contribution in [0.5, 0.6) is 0 Å². The van der Waals surface area contributed by atoms with Gasteiger partial charge in [-0.2, -0.15) is 13.2 Å². The minimum atomic E-state index is -4.40. The van der Waals surface area contributed by atoms with E-state index in [0.29, 0.717) is 18.7 Å². The molecule has 1 saturated heterocycles. The highest BCUT2D eigenvalue weighted by atomic mass is 19.4. The van der Waals surface area contributed by atoms with Crippen molar-refractivity contribution in [3.05, 3.63) is 41.5 Å². The minimum Gasteiger partial charge on any atom is -0.452 e. The Morgan fingerprint density at radius 2 is 2.00 bits per heavy atom. The van der Waals surface area contributed by atoms with Crippen LogP contribution in [0, 0.1) is 0 Å². The predicted octanol–water partition coefficient (Wildman–Crippen LogP) is 2.56. The fourth-order valence-electron chi connectivity index (χ4n) is 2.22. The van der Waals surface area contributed by atoms with E-state index in [4.69, 9.17) is 9.47 Å². The molecule has 1 heterocycles. The second-order valence-electron chi connectivity index (χ2n) is 5.50. The Morgan fingerprint density at radius 1 is 1.28 bits per heavy atom. The molecular formula is C17H18F3NO4. The summed E-state index contributed by atoms with van der Waals surface area (Å²) >= 11 is 0. The summed E-state index contributed by atoms with van der Waals surface area (Å²) in [5.74, 6) is -1.20. The molecular weight excluding hydrogens is 339 g/mol. The number of halogens is 3. The van der Waals surface area contributed by atoms with Gasteiger partial charge in [0.15, 0.2) is 6.61 Å². The summed E-state index contributed by atoms with van der Waals surface area (Å²) in [5.41, 5.74) is -0.358. The van der Waals surface area contributed by atoms with Gasteiger partial charge in [-0.1, -0.05) is 12.1 Å². The Kier molecular flexibility index (Phi) is 6.58. The molecule has 1 aromatic rings. The number of amides is 1. The lowest BCUT2D eigenvalue weighted by Gasteiger charge is -2.10. The minimum absolute atomic E-state index is 0.000725. The number of esters is 1. The van der Waals surface area contributed by atoms with Crippen molar-refractivity contribution in [2.45, 2.75) is 25.1 Å². The molecule has 1 N–H and O–H groups in total. The highest BCUT2D eigenvalue weighted by molar-refractivity contribution is 5.89. The fourth-order valence-corrected chi connectivity index (χ4v) is 2.22. The zero-order valence-electron chi connectivity index (χ0n) is 13.3. The number of hydrogen-bond donors (Lipinski definition) is 1. The lowest BCUT2D eigenvalue weighted by Crippen LogP contribution is -2.34. The summed E-state index contributed by atoms with van der Waals surface area (Å²) in [7, 11) is 0. The molecule has 1 fully saturated rings. The molecule has 0 radical (unpaired) electrons. The summed E-state index contributed by atoms with van der Waals surface area (Å²) in [5, 5.41) is 2.60. The van der Waals surface area contributed by atoms with Crippen molar-refractivity contribution in [3.8, 4) is 0 Å². The summed E-state index contributed by atoms with van der Waals surface area (Å²) in [6, 6.07) is 4.31. The van der Waals surface area contributed by atoms with E-state index < -0.39 is 30.2 Å². The van der Waals surface area contributed by atoms with Crippen LogP contribution in [0.15, 0.2) is 30.3 Å². The molecule has 0 spiro atoms. The summed E-state index contributed by atoms with van der Waals surface area (Å²) in [6.45, 7) is 0.630. The van der Waals surface area contributed by atoms with Crippen LogP contribution in [-0.2, 0) is 25.2 Å². The smallest absolute Gasteiger partial charge is 0.416 e. The van der Waals surface area contributed by atoms with Gasteiger partial charge in [-0.05, 0) is 36.6 Å². The van der Waals surface area contributed by atoms with Crippen LogP contribution in [0.1, 0.15) is 24.0 Å². The van der Waals surface area contributed by atoms with Crippen molar-refractivity contribution < 1.29 is 32.2 Å². The van der Waals surface area contributed by atoms with E-state index in [2.05, 4.69) is 5.32 Å². The van der Waals surface area contributed by atoms with Crippen LogP contribution in [0.2, 0.25) is 0 Å². The van der Waals surface area contributed by atoms with Crippen LogP contribution in [0.3, 0.4) is 0 Å². The number of ether oxygens (including phenoxy) is 2. The SMILES string of the molecule is O=C(COC(=O)/C=C/c1ccc(C(F)(F)F)cc1)NC[C@H]1CCCO1. The Hall–Kier alpha value is -2.35. The van der Waals surface area contributed by atoms with Crippen molar-refractivity contribution >= 4 is 18.0 Å². The molecule has 0 bridgehead atoms. The van der Waals surface area contributed by atoms with E-state index in [0.717, 1.165) is 31.1 Å². The van der Waals surface area contributed by atoms with Gasteiger partial charge in [-0.15, -0.1) is 0 Å². The molecule has 1 aliphatic heterocycles. The van der Waals surface area contributed by atoms with Crippen molar-refractivity contribution in [2.75, 3.05) is 19.8 Å². The van der Waals surface area contributed by atoms with Gasteiger partial charge in [0.05, 0.1) is 11.7 Å². The van der Waals surface area contributed by atoms with Gasteiger partial charge in [0.2, 0.25) is 0 Å². The first-order chi connectivity index (χ1) is 11.8. The maximum atomic E-state index is 12.4. The Bertz CT molecular complexity index is 620. The fraction of sp³-hybridized carbons (Fsp3) is 0.412. The highest BCUT2D eigenvalue weighted by Gasteiger charge is 2.29. The topological polar surface area (TPSA) is 64.6 Å². The average Bonchev–Trinajstić information content (AvgIpc) is 3.09.